The number of anilines is 2. The Morgan fingerprint density at radius 2 is 0.821 bits per heavy atom. The van der Waals surface area contributed by atoms with Crippen LogP contribution in [0.1, 0.15) is 101 Å². The number of hydrogen-bond donors (Lipinski definition) is 2. The number of halogens is 1. The van der Waals surface area contributed by atoms with Gasteiger partial charge in [0.15, 0.2) is 0 Å². The Bertz CT molecular complexity index is 666. The highest BCUT2D eigenvalue weighted by Crippen LogP contribution is 2.35. The standard InChI is InChI=1S/C24H36BBrN2/c1-15(2)19-11-9-12-20(16(3)4)23(19)27-25(26)28-24-21(17(5)6)13-10-14-22(24)18(7)8/h9-18,27-28H,1-8H3. The highest BCUT2D eigenvalue weighted by Gasteiger charge is 2.22. The zero-order valence-corrected chi connectivity index (χ0v) is 20.3. The van der Waals surface area contributed by atoms with Crippen molar-refractivity contribution in [1.82, 2.24) is 0 Å². The smallest absolute Gasteiger partial charge is 0.399 e. The molecule has 0 aromatic heterocycles. The van der Waals surface area contributed by atoms with Crippen LogP contribution >= 0.6 is 15.8 Å². The average molecular weight is 443 g/mol. The summed E-state index contributed by atoms with van der Waals surface area (Å²) in [5.74, 6) is 1.82. The zero-order chi connectivity index (χ0) is 21.0. The number of hydrogen-bond acceptors (Lipinski definition) is 2. The van der Waals surface area contributed by atoms with Crippen molar-refractivity contribution in [3.8, 4) is 0 Å². The van der Waals surface area contributed by atoms with Gasteiger partial charge in [-0.25, -0.2) is 0 Å². The molecular formula is C24H36BBrN2. The van der Waals surface area contributed by atoms with Gasteiger partial charge in [0.25, 0.3) is 0 Å². The molecule has 0 fully saturated rings. The van der Waals surface area contributed by atoms with Crippen molar-refractivity contribution in [2.75, 3.05) is 10.5 Å². The minimum atomic E-state index is -0.0534. The SMILES string of the molecule is CC(C)c1cccc(C(C)C)c1NB(Br)Nc1c(C(C)C)cccc1C(C)C. The summed E-state index contributed by atoms with van der Waals surface area (Å²) in [5.41, 5.74) is 7.93. The fourth-order valence-corrected chi connectivity index (χ4v) is 4.18. The van der Waals surface area contributed by atoms with E-state index in [1.165, 1.54) is 33.6 Å². The van der Waals surface area contributed by atoms with Crippen molar-refractivity contribution in [2.45, 2.75) is 79.1 Å². The number of rotatable bonds is 8. The van der Waals surface area contributed by atoms with Gasteiger partial charge >= 0.3 is 5.81 Å². The molecule has 28 heavy (non-hydrogen) atoms. The van der Waals surface area contributed by atoms with Crippen LogP contribution in [0.2, 0.25) is 0 Å². The molecule has 0 saturated carbocycles. The Hall–Kier alpha value is -1.42. The summed E-state index contributed by atoms with van der Waals surface area (Å²) in [5, 5.41) is 7.46. The molecule has 2 aromatic rings. The van der Waals surface area contributed by atoms with Gasteiger partial charge in [-0.1, -0.05) is 108 Å². The van der Waals surface area contributed by atoms with E-state index in [2.05, 4.69) is 118 Å². The molecule has 2 nitrogen and oxygen atoms in total. The van der Waals surface area contributed by atoms with Crippen molar-refractivity contribution < 1.29 is 0 Å². The summed E-state index contributed by atoms with van der Waals surface area (Å²) >= 11 is 3.86. The minimum Gasteiger partial charge on any atom is -0.399 e. The molecular weight excluding hydrogens is 407 g/mol. The molecule has 2 rings (SSSR count). The Morgan fingerprint density at radius 3 is 1.04 bits per heavy atom. The predicted octanol–water partition coefficient (Wildman–Crippen LogP) is 8.08. The first-order valence-corrected chi connectivity index (χ1v) is 11.5. The van der Waals surface area contributed by atoms with E-state index >= 15 is 0 Å². The van der Waals surface area contributed by atoms with Crippen molar-refractivity contribution in [1.29, 1.82) is 0 Å². The van der Waals surface area contributed by atoms with Crippen LogP contribution < -0.4 is 10.5 Å². The van der Waals surface area contributed by atoms with Crippen molar-refractivity contribution in [3.05, 3.63) is 58.7 Å². The molecule has 0 spiro atoms. The summed E-state index contributed by atoms with van der Waals surface area (Å²) in [6, 6.07) is 13.3. The molecule has 0 unspecified atom stereocenters. The van der Waals surface area contributed by atoms with Crippen LogP contribution in [0.5, 0.6) is 0 Å². The number of para-hydroxylation sites is 2. The average Bonchev–Trinajstić information content (AvgIpc) is 2.61. The van der Waals surface area contributed by atoms with E-state index in [-0.39, 0.29) is 5.81 Å². The van der Waals surface area contributed by atoms with Crippen LogP contribution in [-0.2, 0) is 0 Å². The predicted molar refractivity (Wildman–Crippen MR) is 131 cm³/mol. The zero-order valence-electron chi connectivity index (χ0n) is 18.7. The molecule has 2 aromatic carbocycles. The molecule has 152 valence electrons. The second kappa shape index (κ2) is 9.87. The van der Waals surface area contributed by atoms with E-state index in [0.717, 1.165) is 0 Å². The third-order valence-electron chi connectivity index (χ3n) is 5.29. The van der Waals surface area contributed by atoms with Crippen LogP contribution in [0.4, 0.5) is 11.4 Å². The molecule has 0 saturated heterocycles. The van der Waals surface area contributed by atoms with E-state index < -0.39 is 0 Å². The normalized spacial score (nSPS) is 11.6. The molecule has 0 atom stereocenters. The fourth-order valence-electron chi connectivity index (χ4n) is 3.72. The van der Waals surface area contributed by atoms with Gasteiger partial charge in [-0.2, -0.15) is 0 Å². The van der Waals surface area contributed by atoms with Crippen molar-refractivity contribution >= 4 is 32.9 Å². The van der Waals surface area contributed by atoms with Crippen LogP contribution in [0, 0.1) is 0 Å². The second-order valence-corrected chi connectivity index (χ2v) is 9.81. The summed E-state index contributed by atoms with van der Waals surface area (Å²) in [6.07, 6.45) is 0. The summed E-state index contributed by atoms with van der Waals surface area (Å²) < 4.78 is 0. The van der Waals surface area contributed by atoms with Crippen LogP contribution in [-0.4, -0.2) is 5.81 Å². The topological polar surface area (TPSA) is 24.1 Å². The van der Waals surface area contributed by atoms with E-state index in [0.29, 0.717) is 23.7 Å². The largest absolute Gasteiger partial charge is 0.450 e. The van der Waals surface area contributed by atoms with Crippen LogP contribution in [0.15, 0.2) is 36.4 Å². The fraction of sp³-hybridized carbons (Fsp3) is 0.500. The van der Waals surface area contributed by atoms with Crippen molar-refractivity contribution in [3.63, 3.8) is 0 Å². The van der Waals surface area contributed by atoms with Gasteiger partial charge in [0.05, 0.1) is 0 Å². The van der Waals surface area contributed by atoms with E-state index in [9.17, 15) is 0 Å². The molecule has 0 amide bonds. The van der Waals surface area contributed by atoms with Gasteiger partial charge in [0.1, 0.15) is 0 Å². The molecule has 0 aliphatic rings. The highest BCUT2D eigenvalue weighted by molar-refractivity contribution is 9.24. The molecule has 0 bridgehead atoms. The van der Waals surface area contributed by atoms with E-state index in [1.807, 2.05) is 0 Å². The molecule has 4 heteroatoms. The highest BCUT2D eigenvalue weighted by atomic mass is 79.9. The molecule has 0 radical (unpaired) electrons. The molecule has 0 heterocycles. The quantitative estimate of drug-likeness (QED) is 0.403. The number of nitrogens with one attached hydrogen (secondary N) is 2. The molecule has 0 aliphatic heterocycles. The van der Waals surface area contributed by atoms with E-state index in [4.69, 9.17) is 0 Å². The van der Waals surface area contributed by atoms with Gasteiger partial charge in [0, 0.05) is 11.4 Å². The lowest BCUT2D eigenvalue weighted by Gasteiger charge is -2.26. The molecule has 2 N–H and O–H groups in total. The van der Waals surface area contributed by atoms with E-state index in [1.54, 1.807) is 0 Å². The van der Waals surface area contributed by atoms with Gasteiger partial charge < -0.3 is 10.5 Å². The summed E-state index contributed by atoms with van der Waals surface area (Å²) in [7, 11) is 0. The first-order valence-electron chi connectivity index (χ1n) is 10.6. The maximum Gasteiger partial charge on any atom is 0.450 e. The second-order valence-electron chi connectivity index (χ2n) is 8.89. The Kier molecular flexibility index (Phi) is 8.06. The first kappa shape index (κ1) is 22.9. The lowest BCUT2D eigenvalue weighted by molar-refractivity contribution is 0.838. The maximum atomic E-state index is 3.86. The summed E-state index contributed by atoms with van der Waals surface area (Å²) in [4.78, 5) is 0. The Labute approximate surface area is 181 Å². The first-order chi connectivity index (χ1) is 13.1. The van der Waals surface area contributed by atoms with Gasteiger partial charge in [-0.15, -0.1) is 0 Å². The van der Waals surface area contributed by atoms with Gasteiger partial charge in [-0.3, -0.25) is 0 Å². The third-order valence-corrected chi connectivity index (χ3v) is 5.75. The van der Waals surface area contributed by atoms with Gasteiger partial charge in [-0.05, 0) is 45.9 Å². The van der Waals surface area contributed by atoms with Crippen LogP contribution in [0.3, 0.4) is 0 Å². The third kappa shape index (κ3) is 5.34. The van der Waals surface area contributed by atoms with Crippen molar-refractivity contribution in [2.24, 2.45) is 0 Å². The van der Waals surface area contributed by atoms with Crippen LogP contribution in [0.25, 0.3) is 0 Å². The maximum absolute atomic E-state index is 3.86. The lowest BCUT2D eigenvalue weighted by atomic mass is 9.89. The Morgan fingerprint density at radius 1 is 0.571 bits per heavy atom. The van der Waals surface area contributed by atoms with Gasteiger partial charge in [0.2, 0.25) is 0 Å². The Balaban J connectivity index is 2.40. The number of benzene rings is 2. The summed E-state index contributed by atoms with van der Waals surface area (Å²) in [6.45, 7) is 18.0. The lowest BCUT2D eigenvalue weighted by Crippen LogP contribution is -2.30. The molecule has 0 aliphatic carbocycles. The minimum absolute atomic E-state index is 0.0534. The monoisotopic (exact) mass is 442 g/mol.